The van der Waals surface area contributed by atoms with E-state index in [9.17, 15) is 18.0 Å². The monoisotopic (exact) mass is 777 g/mol. The summed E-state index contributed by atoms with van der Waals surface area (Å²) in [4.78, 5) is 52.0. The van der Waals surface area contributed by atoms with E-state index in [-0.39, 0.29) is 25.3 Å². The van der Waals surface area contributed by atoms with E-state index in [0.717, 1.165) is 48.9 Å². The smallest absolute Gasteiger partial charge is 0.259 e. The molecule has 12 nitrogen and oxygen atoms in total. The SMILES string of the molecule is C=C[C@H]1C[C@@]1(NC(=O)[C@@H]1C[C@@H](Oc2cc(-c3ccccc3)nc3cc(OC)ccc23)CN1C(=O)C(c1ccccc1)N1CCCCC1)C(=O)NS(=O)(=O)C1CC1. The maximum absolute atomic E-state index is 15.0. The molecule has 0 bridgehead atoms. The van der Waals surface area contributed by atoms with Gasteiger partial charge in [-0.3, -0.25) is 24.0 Å². The highest BCUT2D eigenvalue weighted by Crippen LogP contribution is 2.46. The van der Waals surface area contributed by atoms with Gasteiger partial charge in [-0.1, -0.05) is 73.2 Å². The number of ether oxygens (including phenoxy) is 2. The van der Waals surface area contributed by atoms with Crippen molar-refractivity contribution >= 4 is 38.6 Å². The maximum Gasteiger partial charge on any atom is 0.259 e. The topological polar surface area (TPSA) is 147 Å². The molecule has 2 N–H and O–H groups in total. The molecular formula is C43H47N5O7S. The van der Waals surface area contributed by atoms with Crippen LogP contribution < -0.4 is 19.5 Å². The molecular weight excluding hydrogens is 731 g/mol. The molecule has 56 heavy (non-hydrogen) atoms. The van der Waals surface area contributed by atoms with Crippen LogP contribution in [0.4, 0.5) is 0 Å². The molecule has 5 atom stereocenters. The number of carbonyl (C=O) groups excluding carboxylic acids is 3. The number of carbonyl (C=O) groups is 3. The Balaban J connectivity index is 1.14. The lowest BCUT2D eigenvalue weighted by molar-refractivity contribution is -0.144. The summed E-state index contributed by atoms with van der Waals surface area (Å²) in [6.07, 6.45) is 5.25. The first kappa shape index (κ1) is 37.6. The van der Waals surface area contributed by atoms with Gasteiger partial charge in [0.2, 0.25) is 21.8 Å². The highest BCUT2D eigenvalue weighted by molar-refractivity contribution is 7.91. The number of benzene rings is 3. The molecule has 1 unspecified atom stereocenters. The lowest BCUT2D eigenvalue weighted by Gasteiger charge is -2.37. The number of pyridine rings is 1. The minimum Gasteiger partial charge on any atom is -0.497 e. The van der Waals surface area contributed by atoms with Crippen molar-refractivity contribution in [1.82, 2.24) is 24.8 Å². The van der Waals surface area contributed by atoms with Gasteiger partial charge < -0.3 is 19.7 Å². The van der Waals surface area contributed by atoms with Crippen LogP contribution in [0.1, 0.15) is 56.6 Å². The Morgan fingerprint density at radius 3 is 2.34 bits per heavy atom. The van der Waals surface area contributed by atoms with Gasteiger partial charge in [0.1, 0.15) is 35.2 Å². The van der Waals surface area contributed by atoms with Crippen molar-refractivity contribution in [2.24, 2.45) is 5.92 Å². The highest BCUT2D eigenvalue weighted by Gasteiger charge is 2.62. The Kier molecular flexibility index (Phi) is 10.3. The molecule has 1 aromatic heterocycles. The van der Waals surface area contributed by atoms with Crippen LogP contribution in [0.3, 0.4) is 0 Å². The third-order valence-corrected chi connectivity index (χ3v) is 13.4. The molecule has 3 aromatic carbocycles. The summed E-state index contributed by atoms with van der Waals surface area (Å²) in [6, 6.07) is 25.2. The second kappa shape index (κ2) is 15.3. The minimum absolute atomic E-state index is 0.106. The summed E-state index contributed by atoms with van der Waals surface area (Å²) in [7, 11) is -2.27. The number of fused-ring (bicyclic) bond motifs is 1. The summed E-state index contributed by atoms with van der Waals surface area (Å²) in [5.41, 5.74) is 1.58. The molecule has 8 rings (SSSR count). The van der Waals surface area contributed by atoms with Gasteiger partial charge in [0.25, 0.3) is 5.91 Å². The van der Waals surface area contributed by atoms with Gasteiger partial charge in [-0.25, -0.2) is 13.4 Å². The van der Waals surface area contributed by atoms with Gasteiger partial charge in [0, 0.05) is 35.4 Å². The third kappa shape index (κ3) is 7.49. The molecule has 2 saturated carbocycles. The molecule has 4 aliphatic rings. The first-order valence-corrected chi connectivity index (χ1v) is 21.0. The predicted octanol–water partition coefficient (Wildman–Crippen LogP) is 5.16. The lowest BCUT2D eigenvalue weighted by atomic mass is 10.00. The summed E-state index contributed by atoms with van der Waals surface area (Å²) in [5, 5.41) is 3.05. The average molecular weight is 778 g/mol. The number of nitrogens with one attached hydrogen (secondary N) is 2. The number of methoxy groups -OCH3 is 1. The van der Waals surface area contributed by atoms with E-state index in [0.29, 0.717) is 35.6 Å². The molecule has 3 amide bonds. The number of likely N-dealkylation sites (tertiary alicyclic amines) is 2. The van der Waals surface area contributed by atoms with Crippen LogP contribution in [0.5, 0.6) is 11.5 Å². The van der Waals surface area contributed by atoms with Gasteiger partial charge in [0.05, 0.1) is 30.1 Å². The molecule has 2 aliphatic carbocycles. The number of nitrogens with zero attached hydrogens (tertiary/aromatic N) is 3. The van der Waals surface area contributed by atoms with Gasteiger partial charge in [-0.05, 0) is 62.9 Å². The number of hydrogen-bond acceptors (Lipinski definition) is 9. The average Bonchev–Trinajstić information content (AvgIpc) is 4.15. The van der Waals surface area contributed by atoms with Crippen molar-refractivity contribution in [1.29, 1.82) is 0 Å². The first-order chi connectivity index (χ1) is 27.1. The van der Waals surface area contributed by atoms with Crippen molar-refractivity contribution in [3.05, 3.63) is 103 Å². The van der Waals surface area contributed by atoms with Crippen LogP contribution in [-0.2, 0) is 24.4 Å². The van der Waals surface area contributed by atoms with E-state index in [2.05, 4.69) is 21.5 Å². The molecule has 2 aliphatic heterocycles. The number of amides is 3. The molecule has 2 saturated heterocycles. The zero-order chi connectivity index (χ0) is 39.0. The first-order valence-electron chi connectivity index (χ1n) is 19.4. The number of rotatable bonds is 13. The number of hydrogen-bond donors (Lipinski definition) is 2. The van der Waals surface area contributed by atoms with Crippen LogP contribution in [0.2, 0.25) is 0 Å². The molecule has 0 radical (unpaired) electrons. The van der Waals surface area contributed by atoms with Crippen molar-refractivity contribution < 1.29 is 32.3 Å². The zero-order valence-electron chi connectivity index (χ0n) is 31.4. The Bertz CT molecular complexity index is 2240. The van der Waals surface area contributed by atoms with Gasteiger partial charge in [0.15, 0.2) is 0 Å². The number of aromatic nitrogens is 1. The second-order valence-corrected chi connectivity index (χ2v) is 17.3. The molecule has 4 fully saturated rings. The van der Waals surface area contributed by atoms with Crippen LogP contribution in [-0.4, -0.2) is 90.6 Å². The van der Waals surface area contributed by atoms with Crippen molar-refractivity contribution in [2.75, 3.05) is 26.7 Å². The number of sulfonamides is 1. The van der Waals surface area contributed by atoms with Gasteiger partial charge in [-0.2, -0.15) is 0 Å². The molecule has 13 heteroatoms. The normalized spacial score (nSPS) is 24.2. The minimum atomic E-state index is -3.87. The van der Waals surface area contributed by atoms with Crippen LogP contribution >= 0.6 is 0 Å². The summed E-state index contributed by atoms with van der Waals surface area (Å²) in [5.74, 6) is -0.854. The van der Waals surface area contributed by atoms with Crippen LogP contribution in [0.15, 0.2) is 97.6 Å². The molecule has 4 aromatic rings. The van der Waals surface area contributed by atoms with Crippen LogP contribution in [0, 0.1) is 5.92 Å². The van der Waals surface area contributed by atoms with Crippen molar-refractivity contribution in [3.63, 3.8) is 0 Å². The lowest BCUT2D eigenvalue weighted by Crippen LogP contribution is -2.57. The van der Waals surface area contributed by atoms with Crippen LogP contribution in [0.25, 0.3) is 22.2 Å². The van der Waals surface area contributed by atoms with E-state index in [1.807, 2.05) is 84.9 Å². The third-order valence-electron chi connectivity index (χ3n) is 11.5. The summed E-state index contributed by atoms with van der Waals surface area (Å²) < 4.78 is 40.2. The Hall–Kier alpha value is -5.27. The fourth-order valence-corrected chi connectivity index (χ4v) is 9.57. The predicted molar refractivity (Wildman–Crippen MR) is 212 cm³/mol. The van der Waals surface area contributed by atoms with E-state index in [1.54, 1.807) is 18.1 Å². The molecule has 0 spiro atoms. The van der Waals surface area contributed by atoms with E-state index < -0.39 is 56.7 Å². The van der Waals surface area contributed by atoms with E-state index in [1.165, 1.54) is 0 Å². The highest BCUT2D eigenvalue weighted by atomic mass is 32.2. The summed E-state index contributed by atoms with van der Waals surface area (Å²) in [6.45, 7) is 5.43. The molecule has 292 valence electrons. The van der Waals surface area contributed by atoms with E-state index in [4.69, 9.17) is 14.5 Å². The fraction of sp³-hybridized carbons (Fsp3) is 0.395. The van der Waals surface area contributed by atoms with Gasteiger partial charge >= 0.3 is 0 Å². The molecule has 3 heterocycles. The zero-order valence-corrected chi connectivity index (χ0v) is 32.2. The second-order valence-electron chi connectivity index (χ2n) is 15.3. The Labute approximate surface area is 327 Å². The van der Waals surface area contributed by atoms with Gasteiger partial charge in [-0.15, -0.1) is 6.58 Å². The van der Waals surface area contributed by atoms with Crippen molar-refractivity contribution in [2.45, 2.75) is 73.9 Å². The number of piperidine rings is 1. The fourth-order valence-electron chi connectivity index (χ4n) is 8.21. The Morgan fingerprint density at radius 1 is 0.964 bits per heavy atom. The van der Waals surface area contributed by atoms with E-state index >= 15 is 4.79 Å². The van der Waals surface area contributed by atoms with Crippen molar-refractivity contribution in [3.8, 4) is 22.8 Å². The standard InChI is InChI=1S/C43H47N5O7S/c1-3-30-26-43(30,42(51)46-56(52,53)33-18-19-33)45-40(49)37-24-32(27-48(37)41(50)39(29-15-9-5-10-16-29)47-21-11-6-12-22-47)55-38-25-35(28-13-7-4-8-14-28)44-36-23-31(54-2)17-20-34(36)38/h3-5,7-10,13-17,20,23,25,30,32-33,37,39H,1,6,11-12,18-19,21-22,24,26-27H2,2H3,(H,45,49)(H,46,51)/t30-,32+,37-,39?,43-/m0/s1. The summed E-state index contributed by atoms with van der Waals surface area (Å²) >= 11 is 0. The maximum atomic E-state index is 15.0. The quantitative estimate of drug-likeness (QED) is 0.176. The largest absolute Gasteiger partial charge is 0.497 e. The Morgan fingerprint density at radius 2 is 1.68 bits per heavy atom.